The number of piperidine rings is 1. The number of ether oxygens (including phenoxy) is 1. The van der Waals surface area contributed by atoms with E-state index in [9.17, 15) is 19.5 Å². The SMILES string of the molecule is CC(C)(C)OC(=O)C1(C(=O)O)CCCCN1C(=O)O. The molecule has 0 aromatic carbocycles. The highest BCUT2D eigenvalue weighted by Gasteiger charge is 2.56. The second-order valence-electron chi connectivity index (χ2n) is 5.56. The zero-order valence-electron chi connectivity index (χ0n) is 11.3. The van der Waals surface area contributed by atoms with Crippen molar-refractivity contribution in [2.24, 2.45) is 0 Å². The summed E-state index contributed by atoms with van der Waals surface area (Å²) in [7, 11) is 0. The van der Waals surface area contributed by atoms with Crippen LogP contribution in [0.15, 0.2) is 0 Å². The van der Waals surface area contributed by atoms with Gasteiger partial charge in [0.1, 0.15) is 5.60 Å². The van der Waals surface area contributed by atoms with E-state index in [0.717, 1.165) is 0 Å². The van der Waals surface area contributed by atoms with Crippen LogP contribution in [0.3, 0.4) is 0 Å². The Kier molecular flexibility index (Phi) is 4.07. The standard InChI is InChI=1S/C12H19NO6/c1-11(2,3)19-9(16)12(8(14)15)6-4-5-7-13(12)10(17)18/h4-7H2,1-3H3,(H,14,15)(H,17,18). The maximum atomic E-state index is 12.2. The van der Waals surface area contributed by atoms with Crippen molar-refractivity contribution in [1.29, 1.82) is 0 Å². The Morgan fingerprint density at radius 1 is 1.16 bits per heavy atom. The van der Waals surface area contributed by atoms with Crippen molar-refractivity contribution in [3.63, 3.8) is 0 Å². The fourth-order valence-corrected chi connectivity index (χ4v) is 2.12. The first-order chi connectivity index (χ1) is 8.61. The fraction of sp³-hybridized carbons (Fsp3) is 0.750. The van der Waals surface area contributed by atoms with Gasteiger partial charge < -0.3 is 14.9 Å². The highest BCUT2D eigenvalue weighted by Crippen LogP contribution is 2.31. The number of hydrogen-bond acceptors (Lipinski definition) is 4. The molecular weight excluding hydrogens is 254 g/mol. The van der Waals surface area contributed by atoms with Crippen LogP contribution in [0.25, 0.3) is 0 Å². The van der Waals surface area contributed by atoms with E-state index in [1.54, 1.807) is 20.8 Å². The summed E-state index contributed by atoms with van der Waals surface area (Å²) in [5.41, 5.74) is -3.00. The quantitative estimate of drug-likeness (QED) is 0.580. The van der Waals surface area contributed by atoms with Crippen molar-refractivity contribution >= 4 is 18.0 Å². The Bertz CT molecular complexity index is 400. The zero-order chi connectivity index (χ0) is 14.8. The Hall–Kier alpha value is -1.79. The van der Waals surface area contributed by atoms with Crippen LogP contribution < -0.4 is 0 Å². The Morgan fingerprint density at radius 3 is 2.16 bits per heavy atom. The first kappa shape index (κ1) is 15.3. The minimum absolute atomic E-state index is 0.0148. The lowest BCUT2D eigenvalue weighted by molar-refractivity contribution is -0.180. The van der Waals surface area contributed by atoms with Crippen LogP contribution in [-0.2, 0) is 14.3 Å². The number of hydrogen-bond donors (Lipinski definition) is 2. The van der Waals surface area contributed by atoms with Crippen LogP contribution in [0.4, 0.5) is 4.79 Å². The van der Waals surface area contributed by atoms with Gasteiger partial charge in [-0.2, -0.15) is 0 Å². The van der Waals surface area contributed by atoms with E-state index in [-0.39, 0.29) is 13.0 Å². The lowest BCUT2D eigenvalue weighted by Crippen LogP contribution is -2.65. The van der Waals surface area contributed by atoms with Gasteiger partial charge in [0.2, 0.25) is 5.54 Å². The van der Waals surface area contributed by atoms with Gasteiger partial charge in [0.15, 0.2) is 0 Å². The predicted octanol–water partition coefficient (Wildman–Crippen LogP) is 1.32. The smallest absolute Gasteiger partial charge is 0.408 e. The molecule has 0 aromatic rings. The molecule has 2 N–H and O–H groups in total. The Balaban J connectivity index is 3.17. The van der Waals surface area contributed by atoms with Gasteiger partial charge in [0, 0.05) is 6.54 Å². The first-order valence-electron chi connectivity index (χ1n) is 6.08. The number of amides is 1. The molecule has 1 unspecified atom stereocenters. The molecule has 7 heteroatoms. The van der Waals surface area contributed by atoms with E-state index in [1.165, 1.54) is 0 Å². The summed E-state index contributed by atoms with van der Waals surface area (Å²) in [5, 5.41) is 18.5. The van der Waals surface area contributed by atoms with E-state index in [4.69, 9.17) is 9.84 Å². The monoisotopic (exact) mass is 273 g/mol. The van der Waals surface area contributed by atoms with Crippen molar-refractivity contribution in [1.82, 2.24) is 4.90 Å². The maximum absolute atomic E-state index is 12.2. The predicted molar refractivity (Wildman–Crippen MR) is 64.8 cm³/mol. The number of esters is 1. The highest BCUT2D eigenvalue weighted by atomic mass is 16.6. The van der Waals surface area contributed by atoms with Gasteiger partial charge in [-0.15, -0.1) is 0 Å². The summed E-state index contributed by atoms with van der Waals surface area (Å²) in [6.07, 6.45) is -0.490. The van der Waals surface area contributed by atoms with Crippen LogP contribution in [0.5, 0.6) is 0 Å². The Labute approximate surface area is 111 Å². The molecule has 1 rings (SSSR count). The first-order valence-corrected chi connectivity index (χ1v) is 6.08. The molecule has 1 heterocycles. The molecule has 7 nitrogen and oxygen atoms in total. The van der Waals surface area contributed by atoms with Gasteiger partial charge in [-0.05, 0) is 40.0 Å². The van der Waals surface area contributed by atoms with E-state index in [0.29, 0.717) is 17.7 Å². The number of carbonyl (C=O) groups excluding carboxylic acids is 1. The molecule has 1 saturated heterocycles. The molecule has 1 atom stereocenters. The fourth-order valence-electron chi connectivity index (χ4n) is 2.12. The molecule has 0 aliphatic carbocycles. The summed E-state index contributed by atoms with van der Waals surface area (Å²) in [6.45, 7) is 4.83. The van der Waals surface area contributed by atoms with Crippen molar-refractivity contribution in [3.05, 3.63) is 0 Å². The maximum Gasteiger partial charge on any atom is 0.408 e. The summed E-state index contributed by atoms with van der Waals surface area (Å²) >= 11 is 0. The number of carboxylic acid groups (broad SMARTS) is 2. The second kappa shape index (κ2) is 5.07. The molecule has 1 amide bonds. The van der Waals surface area contributed by atoms with Gasteiger partial charge in [-0.25, -0.2) is 14.4 Å². The third-order valence-electron chi connectivity index (χ3n) is 2.95. The molecule has 108 valence electrons. The number of carboxylic acids is 1. The molecule has 0 radical (unpaired) electrons. The third-order valence-corrected chi connectivity index (χ3v) is 2.95. The molecule has 0 bridgehead atoms. The van der Waals surface area contributed by atoms with Crippen LogP contribution in [-0.4, -0.2) is 50.8 Å². The van der Waals surface area contributed by atoms with Crippen LogP contribution >= 0.6 is 0 Å². The summed E-state index contributed by atoms with van der Waals surface area (Å²) in [4.78, 5) is 35.6. The van der Waals surface area contributed by atoms with Gasteiger partial charge in [0.25, 0.3) is 0 Å². The molecule has 0 spiro atoms. The summed E-state index contributed by atoms with van der Waals surface area (Å²) in [6, 6.07) is 0. The summed E-state index contributed by atoms with van der Waals surface area (Å²) < 4.78 is 5.10. The molecule has 1 fully saturated rings. The minimum Gasteiger partial charge on any atom is -0.479 e. The largest absolute Gasteiger partial charge is 0.479 e. The van der Waals surface area contributed by atoms with Crippen molar-refractivity contribution < 1.29 is 29.3 Å². The number of likely N-dealkylation sites (tertiary alicyclic amines) is 1. The van der Waals surface area contributed by atoms with Gasteiger partial charge in [-0.1, -0.05) is 0 Å². The van der Waals surface area contributed by atoms with E-state index in [2.05, 4.69) is 0 Å². The number of aliphatic carboxylic acids is 1. The van der Waals surface area contributed by atoms with Crippen LogP contribution in [0.2, 0.25) is 0 Å². The Morgan fingerprint density at radius 2 is 1.74 bits per heavy atom. The lowest BCUT2D eigenvalue weighted by Gasteiger charge is -2.41. The third kappa shape index (κ3) is 2.97. The average molecular weight is 273 g/mol. The van der Waals surface area contributed by atoms with Gasteiger partial charge in [-0.3, -0.25) is 4.90 Å². The molecule has 0 aromatic heterocycles. The number of rotatable bonds is 2. The van der Waals surface area contributed by atoms with Crippen molar-refractivity contribution in [2.75, 3.05) is 6.54 Å². The molecule has 19 heavy (non-hydrogen) atoms. The lowest BCUT2D eigenvalue weighted by atomic mass is 9.86. The van der Waals surface area contributed by atoms with E-state index >= 15 is 0 Å². The molecule has 0 saturated carbocycles. The van der Waals surface area contributed by atoms with Crippen LogP contribution in [0.1, 0.15) is 40.0 Å². The topological polar surface area (TPSA) is 104 Å². The van der Waals surface area contributed by atoms with Gasteiger partial charge in [0.05, 0.1) is 0 Å². The van der Waals surface area contributed by atoms with E-state index in [1.807, 2.05) is 0 Å². The highest BCUT2D eigenvalue weighted by molar-refractivity contribution is 6.06. The number of nitrogens with zero attached hydrogens (tertiary/aromatic N) is 1. The van der Waals surface area contributed by atoms with Crippen molar-refractivity contribution in [2.45, 2.75) is 51.2 Å². The summed E-state index contributed by atoms with van der Waals surface area (Å²) in [5.74, 6) is -2.50. The average Bonchev–Trinajstić information content (AvgIpc) is 2.25. The van der Waals surface area contributed by atoms with Crippen molar-refractivity contribution in [3.8, 4) is 0 Å². The normalized spacial score (nSPS) is 23.8. The molecular formula is C12H19NO6. The zero-order valence-corrected chi connectivity index (χ0v) is 11.3. The van der Waals surface area contributed by atoms with Crippen LogP contribution in [0, 0.1) is 0 Å². The molecule has 1 aliphatic rings. The number of carbonyl (C=O) groups is 3. The second-order valence-corrected chi connectivity index (χ2v) is 5.56. The molecule has 1 aliphatic heterocycles. The minimum atomic E-state index is -2.13. The van der Waals surface area contributed by atoms with Gasteiger partial charge >= 0.3 is 18.0 Å². The van der Waals surface area contributed by atoms with E-state index < -0.39 is 29.2 Å².